The van der Waals surface area contributed by atoms with Crippen LogP contribution in [0.4, 0.5) is 11.6 Å². The molecule has 2 N–H and O–H groups in total. The average Bonchev–Trinajstić information content (AvgIpc) is 3.42. The van der Waals surface area contributed by atoms with Crippen molar-refractivity contribution in [2.45, 2.75) is 43.8 Å². The van der Waals surface area contributed by atoms with Crippen LogP contribution in [-0.4, -0.2) is 64.6 Å². The second-order valence-electron chi connectivity index (χ2n) is 8.60. The maximum Gasteiger partial charge on any atom is 0.151 e. The monoisotopic (exact) mass is 404 g/mol. The number of anilines is 2. The first-order valence-electron chi connectivity index (χ1n) is 10.6. The van der Waals surface area contributed by atoms with Gasteiger partial charge in [-0.05, 0) is 49.9 Å². The first kappa shape index (κ1) is 19.0. The van der Waals surface area contributed by atoms with Gasteiger partial charge in [-0.15, -0.1) is 10.2 Å². The van der Waals surface area contributed by atoms with Gasteiger partial charge in [-0.25, -0.2) is 4.98 Å². The molecule has 3 aromatic rings. The number of aromatic amines is 1. The summed E-state index contributed by atoms with van der Waals surface area (Å²) in [6.07, 6.45) is 8.64. The van der Waals surface area contributed by atoms with E-state index in [0.717, 1.165) is 34.2 Å². The Morgan fingerprint density at radius 2 is 1.70 bits per heavy atom. The lowest BCUT2D eigenvalue weighted by atomic mass is 9.98. The van der Waals surface area contributed by atoms with E-state index in [9.17, 15) is 0 Å². The zero-order chi connectivity index (χ0) is 20.7. The first-order chi connectivity index (χ1) is 14.6. The minimum Gasteiger partial charge on any atom is -0.362 e. The van der Waals surface area contributed by atoms with Crippen molar-refractivity contribution >= 4 is 11.6 Å². The molecule has 3 atom stereocenters. The van der Waals surface area contributed by atoms with Gasteiger partial charge in [0, 0.05) is 56.6 Å². The number of aromatic nitrogens is 5. The molecule has 2 aliphatic heterocycles. The van der Waals surface area contributed by atoms with Crippen molar-refractivity contribution in [2.75, 3.05) is 30.9 Å². The van der Waals surface area contributed by atoms with E-state index in [1.807, 2.05) is 37.3 Å². The van der Waals surface area contributed by atoms with Crippen LogP contribution in [0.25, 0.3) is 22.5 Å². The van der Waals surface area contributed by atoms with Crippen LogP contribution in [0.3, 0.4) is 0 Å². The van der Waals surface area contributed by atoms with Crippen molar-refractivity contribution in [3.05, 3.63) is 36.7 Å². The molecule has 2 fully saturated rings. The number of hydrogen-bond acceptors (Lipinski definition) is 7. The molecule has 3 aromatic heterocycles. The molecule has 0 amide bonds. The van der Waals surface area contributed by atoms with Gasteiger partial charge in [0.15, 0.2) is 5.82 Å². The molecule has 5 heterocycles. The number of nitrogens with zero attached hydrogens (tertiary/aromatic N) is 6. The maximum absolute atomic E-state index is 4.85. The molecule has 0 aliphatic carbocycles. The van der Waals surface area contributed by atoms with E-state index in [1.54, 1.807) is 6.20 Å². The van der Waals surface area contributed by atoms with Gasteiger partial charge in [0.2, 0.25) is 0 Å². The number of hydrogen-bond donors (Lipinski definition) is 2. The molecule has 2 aliphatic rings. The summed E-state index contributed by atoms with van der Waals surface area (Å²) in [6.45, 7) is 0. The number of H-pyrrole nitrogens is 1. The number of piperidine rings is 1. The number of pyridine rings is 1. The lowest BCUT2D eigenvalue weighted by molar-refractivity contribution is 0.353. The fourth-order valence-corrected chi connectivity index (χ4v) is 4.74. The second-order valence-corrected chi connectivity index (χ2v) is 8.60. The Kier molecular flexibility index (Phi) is 4.86. The highest BCUT2D eigenvalue weighted by Gasteiger charge is 2.35. The van der Waals surface area contributed by atoms with E-state index in [4.69, 9.17) is 4.98 Å². The van der Waals surface area contributed by atoms with Crippen LogP contribution in [0.5, 0.6) is 0 Å². The Morgan fingerprint density at radius 3 is 2.33 bits per heavy atom. The lowest BCUT2D eigenvalue weighted by Gasteiger charge is -2.36. The Hall–Kier alpha value is -3.00. The van der Waals surface area contributed by atoms with Crippen LogP contribution in [0.15, 0.2) is 36.7 Å². The highest BCUT2D eigenvalue weighted by Crippen LogP contribution is 2.32. The summed E-state index contributed by atoms with van der Waals surface area (Å²) >= 11 is 0. The molecule has 8 heteroatoms. The van der Waals surface area contributed by atoms with Crippen LogP contribution in [0.2, 0.25) is 0 Å². The van der Waals surface area contributed by atoms with Crippen molar-refractivity contribution in [1.29, 1.82) is 0 Å². The molecule has 0 saturated carbocycles. The van der Waals surface area contributed by atoms with Crippen LogP contribution in [-0.2, 0) is 0 Å². The fraction of sp³-hybridized carbons (Fsp3) is 0.455. The molecule has 156 valence electrons. The Bertz CT molecular complexity index is 986. The van der Waals surface area contributed by atoms with E-state index >= 15 is 0 Å². The van der Waals surface area contributed by atoms with Crippen LogP contribution in [0.1, 0.15) is 25.7 Å². The number of rotatable bonds is 5. The zero-order valence-electron chi connectivity index (χ0n) is 17.7. The smallest absolute Gasteiger partial charge is 0.151 e. The Morgan fingerprint density at radius 1 is 0.933 bits per heavy atom. The normalized spacial score (nSPS) is 22.8. The third-order valence-electron chi connectivity index (χ3n) is 6.38. The van der Waals surface area contributed by atoms with Crippen LogP contribution < -0.4 is 15.1 Å². The van der Waals surface area contributed by atoms with E-state index < -0.39 is 0 Å². The van der Waals surface area contributed by atoms with Gasteiger partial charge >= 0.3 is 0 Å². The van der Waals surface area contributed by atoms with Gasteiger partial charge < -0.3 is 15.1 Å². The van der Waals surface area contributed by atoms with Crippen molar-refractivity contribution in [2.24, 2.45) is 0 Å². The lowest BCUT2D eigenvalue weighted by Crippen LogP contribution is -2.47. The summed E-state index contributed by atoms with van der Waals surface area (Å²) in [7, 11) is 6.12. The molecule has 30 heavy (non-hydrogen) atoms. The second kappa shape index (κ2) is 7.68. The predicted molar refractivity (Wildman–Crippen MR) is 119 cm³/mol. The van der Waals surface area contributed by atoms with Gasteiger partial charge in [-0.1, -0.05) is 0 Å². The molecule has 0 spiro atoms. The Balaban J connectivity index is 1.38. The third-order valence-corrected chi connectivity index (χ3v) is 6.38. The first-order valence-corrected chi connectivity index (χ1v) is 10.6. The SMILES string of the molecule is CN(C)c1nc(-c2ccc(N(C)[C@H]3C[C@H]4CC[C@@H](C3)N4)nn2)ccc1-c1cn[nH]c1. The summed E-state index contributed by atoms with van der Waals surface area (Å²) in [5.41, 5.74) is 3.63. The number of fused-ring (bicyclic) bond motifs is 2. The van der Waals surface area contributed by atoms with E-state index in [2.05, 4.69) is 49.8 Å². The number of nitrogens with one attached hydrogen (secondary N) is 2. The molecule has 0 radical (unpaired) electrons. The molecule has 0 aromatic carbocycles. The topological polar surface area (TPSA) is 85.9 Å². The minimum atomic E-state index is 0.525. The van der Waals surface area contributed by atoms with E-state index in [1.165, 1.54) is 25.7 Å². The van der Waals surface area contributed by atoms with Crippen molar-refractivity contribution < 1.29 is 0 Å². The van der Waals surface area contributed by atoms with E-state index in [-0.39, 0.29) is 0 Å². The molecule has 5 rings (SSSR count). The molecular weight excluding hydrogens is 376 g/mol. The molecule has 0 unspecified atom stereocenters. The highest BCUT2D eigenvalue weighted by molar-refractivity contribution is 5.77. The van der Waals surface area contributed by atoms with Crippen LogP contribution >= 0.6 is 0 Å². The average molecular weight is 405 g/mol. The van der Waals surface area contributed by atoms with Crippen molar-refractivity contribution in [3.8, 4) is 22.5 Å². The minimum absolute atomic E-state index is 0.525. The van der Waals surface area contributed by atoms with E-state index in [0.29, 0.717) is 18.1 Å². The molecule has 2 bridgehead atoms. The molecule has 2 saturated heterocycles. The molecule has 8 nitrogen and oxygen atoms in total. The van der Waals surface area contributed by atoms with Gasteiger partial charge in [0.25, 0.3) is 0 Å². The molecular formula is C22H28N8. The summed E-state index contributed by atoms with van der Waals surface area (Å²) in [4.78, 5) is 9.15. The van der Waals surface area contributed by atoms with Gasteiger partial charge in [-0.2, -0.15) is 5.10 Å². The quantitative estimate of drug-likeness (QED) is 0.676. The standard InChI is InChI=1S/C22H28N8/c1-29(2)22-18(14-12-23-24-13-14)6-7-19(26-22)20-8-9-21(28-27-20)30(3)17-10-15-4-5-16(11-17)25-15/h6-9,12-13,15-17,25H,4-5,10-11H2,1-3H3,(H,23,24)/t15-,16+,17+. The van der Waals surface area contributed by atoms with Crippen LogP contribution in [0, 0.1) is 0 Å². The maximum atomic E-state index is 4.85. The summed E-state index contributed by atoms with van der Waals surface area (Å²) < 4.78 is 0. The fourth-order valence-electron chi connectivity index (χ4n) is 4.74. The van der Waals surface area contributed by atoms with Gasteiger partial charge in [0.1, 0.15) is 11.5 Å². The Labute approximate surface area is 176 Å². The highest BCUT2D eigenvalue weighted by atomic mass is 15.3. The van der Waals surface area contributed by atoms with Gasteiger partial charge in [0.05, 0.1) is 11.9 Å². The zero-order valence-corrected chi connectivity index (χ0v) is 17.7. The summed E-state index contributed by atoms with van der Waals surface area (Å²) in [5.74, 6) is 1.80. The van der Waals surface area contributed by atoms with Crippen molar-refractivity contribution in [1.82, 2.24) is 30.7 Å². The third kappa shape index (κ3) is 3.52. The summed E-state index contributed by atoms with van der Waals surface area (Å²) in [6, 6.07) is 9.98. The van der Waals surface area contributed by atoms with Crippen molar-refractivity contribution in [3.63, 3.8) is 0 Å². The summed E-state index contributed by atoms with van der Waals surface area (Å²) in [5, 5.41) is 19.7. The predicted octanol–water partition coefficient (Wildman–Crippen LogP) is 2.71. The largest absolute Gasteiger partial charge is 0.362 e. The van der Waals surface area contributed by atoms with Gasteiger partial charge in [-0.3, -0.25) is 5.10 Å².